The molecule has 0 aliphatic heterocycles. The molecule has 0 heterocycles. The van der Waals surface area contributed by atoms with Crippen LogP contribution < -0.4 is 9.47 Å². The largest absolute Gasteiger partial charge is 0.493 e. The number of hydrogen-bond donors (Lipinski definition) is 1. The fourth-order valence-electron chi connectivity index (χ4n) is 1.64. The number of aliphatic hydroxyl groups excluding tert-OH is 1. The standard InChI is InChI=1S/C13H17ClO3/c1-8(15)10-5-12(16-2)13(6-11(10)14)17-7-9-3-4-9/h5-6,8-9,15H,3-4,7H2,1-2H3. The fraction of sp³-hybridized carbons (Fsp3) is 0.538. The first-order chi connectivity index (χ1) is 8.11. The quantitative estimate of drug-likeness (QED) is 0.879. The minimum absolute atomic E-state index is 0.506. The molecular weight excluding hydrogens is 240 g/mol. The van der Waals surface area contributed by atoms with Crippen molar-refractivity contribution in [2.75, 3.05) is 13.7 Å². The van der Waals surface area contributed by atoms with Crippen molar-refractivity contribution in [3.63, 3.8) is 0 Å². The van der Waals surface area contributed by atoms with Gasteiger partial charge >= 0.3 is 0 Å². The van der Waals surface area contributed by atoms with Gasteiger partial charge in [0.2, 0.25) is 0 Å². The smallest absolute Gasteiger partial charge is 0.162 e. The molecule has 1 aliphatic rings. The van der Waals surface area contributed by atoms with Crippen LogP contribution in [0.2, 0.25) is 5.02 Å². The number of halogens is 1. The van der Waals surface area contributed by atoms with E-state index in [4.69, 9.17) is 21.1 Å². The van der Waals surface area contributed by atoms with Crippen LogP contribution in [0.5, 0.6) is 11.5 Å². The van der Waals surface area contributed by atoms with Gasteiger partial charge in [-0.1, -0.05) is 11.6 Å². The molecule has 1 aliphatic carbocycles. The summed E-state index contributed by atoms with van der Waals surface area (Å²) in [6.45, 7) is 2.38. The number of rotatable bonds is 5. The second kappa shape index (κ2) is 5.15. The first kappa shape index (κ1) is 12.5. The Kier molecular flexibility index (Phi) is 3.79. The van der Waals surface area contributed by atoms with E-state index in [1.807, 2.05) is 0 Å². The van der Waals surface area contributed by atoms with Gasteiger partial charge in [0, 0.05) is 11.6 Å². The first-order valence-corrected chi connectivity index (χ1v) is 6.18. The second-order valence-electron chi connectivity index (χ2n) is 4.45. The lowest BCUT2D eigenvalue weighted by Gasteiger charge is -2.14. The molecule has 1 N–H and O–H groups in total. The van der Waals surface area contributed by atoms with Crippen molar-refractivity contribution in [3.8, 4) is 11.5 Å². The molecule has 94 valence electrons. The zero-order valence-corrected chi connectivity index (χ0v) is 10.8. The van der Waals surface area contributed by atoms with E-state index in [-0.39, 0.29) is 0 Å². The topological polar surface area (TPSA) is 38.7 Å². The van der Waals surface area contributed by atoms with Crippen LogP contribution in [0.4, 0.5) is 0 Å². The molecule has 2 rings (SSSR count). The minimum atomic E-state index is -0.617. The van der Waals surface area contributed by atoms with E-state index in [1.165, 1.54) is 12.8 Å². The van der Waals surface area contributed by atoms with Crippen LogP contribution in [0.1, 0.15) is 31.4 Å². The molecule has 1 saturated carbocycles. The minimum Gasteiger partial charge on any atom is -0.493 e. The van der Waals surface area contributed by atoms with E-state index in [1.54, 1.807) is 26.2 Å². The fourth-order valence-corrected chi connectivity index (χ4v) is 1.95. The average Bonchev–Trinajstić information content (AvgIpc) is 3.09. The summed E-state index contributed by atoms with van der Waals surface area (Å²) in [6, 6.07) is 3.44. The Hall–Kier alpha value is -0.930. The van der Waals surface area contributed by atoms with Gasteiger partial charge in [-0.2, -0.15) is 0 Å². The Morgan fingerprint density at radius 2 is 2.12 bits per heavy atom. The van der Waals surface area contributed by atoms with Gasteiger partial charge in [-0.3, -0.25) is 0 Å². The third-order valence-corrected chi connectivity index (χ3v) is 3.23. The van der Waals surface area contributed by atoms with Crippen LogP contribution >= 0.6 is 11.6 Å². The van der Waals surface area contributed by atoms with Gasteiger partial charge in [0.05, 0.1) is 24.8 Å². The summed E-state index contributed by atoms with van der Waals surface area (Å²) in [4.78, 5) is 0. The van der Waals surface area contributed by atoms with Crippen LogP contribution in [0.3, 0.4) is 0 Å². The van der Waals surface area contributed by atoms with Gasteiger partial charge in [-0.25, -0.2) is 0 Å². The monoisotopic (exact) mass is 256 g/mol. The Bertz CT molecular complexity index is 400. The Balaban J connectivity index is 2.20. The van der Waals surface area contributed by atoms with Crippen molar-refractivity contribution < 1.29 is 14.6 Å². The SMILES string of the molecule is COc1cc(C(C)O)c(Cl)cc1OCC1CC1. The molecule has 1 atom stereocenters. The Labute approximate surface area is 106 Å². The highest BCUT2D eigenvalue weighted by atomic mass is 35.5. The zero-order valence-electron chi connectivity index (χ0n) is 10.1. The second-order valence-corrected chi connectivity index (χ2v) is 4.86. The van der Waals surface area contributed by atoms with Gasteiger partial charge in [0.15, 0.2) is 11.5 Å². The highest BCUT2D eigenvalue weighted by Gasteiger charge is 2.23. The third kappa shape index (κ3) is 3.05. The molecule has 1 aromatic rings. The van der Waals surface area contributed by atoms with Crippen molar-refractivity contribution >= 4 is 11.6 Å². The maximum absolute atomic E-state index is 9.56. The predicted octanol–water partition coefficient (Wildman–Crippen LogP) is 3.19. The zero-order chi connectivity index (χ0) is 12.4. The van der Waals surface area contributed by atoms with Gasteiger partial charge in [-0.15, -0.1) is 0 Å². The van der Waals surface area contributed by atoms with E-state index in [2.05, 4.69) is 0 Å². The maximum atomic E-state index is 9.56. The van der Waals surface area contributed by atoms with Crippen LogP contribution in [0.25, 0.3) is 0 Å². The van der Waals surface area contributed by atoms with Gasteiger partial charge in [0.1, 0.15) is 0 Å². The summed E-state index contributed by atoms with van der Waals surface area (Å²) in [7, 11) is 1.58. The van der Waals surface area contributed by atoms with Crippen LogP contribution in [-0.2, 0) is 0 Å². The normalized spacial score (nSPS) is 16.7. The molecule has 17 heavy (non-hydrogen) atoms. The molecule has 3 nitrogen and oxygen atoms in total. The molecule has 4 heteroatoms. The molecule has 1 aromatic carbocycles. The summed E-state index contributed by atoms with van der Waals surface area (Å²) in [5.74, 6) is 1.94. The number of methoxy groups -OCH3 is 1. The number of ether oxygens (including phenoxy) is 2. The predicted molar refractivity (Wildman–Crippen MR) is 66.9 cm³/mol. The van der Waals surface area contributed by atoms with Gasteiger partial charge in [-0.05, 0) is 31.7 Å². The van der Waals surface area contributed by atoms with Crippen LogP contribution in [-0.4, -0.2) is 18.8 Å². The van der Waals surface area contributed by atoms with Crippen molar-refractivity contribution in [2.24, 2.45) is 5.92 Å². The summed E-state index contributed by atoms with van der Waals surface area (Å²) < 4.78 is 10.9. The summed E-state index contributed by atoms with van der Waals surface area (Å²) >= 11 is 6.09. The van der Waals surface area contributed by atoms with Crippen molar-refractivity contribution in [1.82, 2.24) is 0 Å². The third-order valence-electron chi connectivity index (χ3n) is 2.90. The Morgan fingerprint density at radius 1 is 1.41 bits per heavy atom. The van der Waals surface area contributed by atoms with Crippen molar-refractivity contribution in [2.45, 2.75) is 25.9 Å². The molecule has 1 unspecified atom stereocenters. The van der Waals surface area contributed by atoms with Crippen LogP contribution in [0.15, 0.2) is 12.1 Å². The Morgan fingerprint density at radius 3 is 2.65 bits per heavy atom. The lowest BCUT2D eigenvalue weighted by molar-refractivity contribution is 0.198. The number of aliphatic hydroxyl groups is 1. The summed E-state index contributed by atoms with van der Waals surface area (Å²) in [5, 5.41) is 10.1. The molecule has 1 fully saturated rings. The number of hydrogen-bond acceptors (Lipinski definition) is 3. The summed E-state index contributed by atoms with van der Waals surface area (Å²) in [6.07, 6.45) is 1.86. The number of benzene rings is 1. The van der Waals surface area contributed by atoms with Crippen molar-refractivity contribution in [1.29, 1.82) is 0 Å². The van der Waals surface area contributed by atoms with Gasteiger partial charge < -0.3 is 14.6 Å². The van der Waals surface area contributed by atoms with E-state index < -0.39 is 6.10 Å². The van der Waals surface area contributed by atoms with E-state index in [0.29, 0.717) is 34.6 Å². The summed E-state index contributed by atoms with van der Waals surface area (Å²) in [5.41, 5.74) is 0.655. The molecule has 0 bridgehead atoms. The van der Waals surface area contributed by atoms with Gasteiger partial charge in [0.25, 0.3) is 0 Å². The first-order valence-electron chi connectivity index (χ1n) is 5.80. The molecular formula is C13H17ClO3. The molecule has 0 saturated heterocycles. The van der Waals surface area contributed by atoms with E-state index in [9.17, 15) is 5.11 Å². The van der Waals surface area contributed by atoms with E-state index >= 15 is 0 Å². The molecule has 0 amide bonds. The molecule has 0 aromatic heterocycles. The lowest BCUT2D eigenvalue weighted by atomic mass is 10.1. The van der Waals surface area contributed by atoms with E-state index in [0.717, 1.165) is 0 Å². The lowest BCUT2D eigenvalue weighted by Crippen LogP contribution is -2.02. The van der Waals surface area contributed by atoms with Crippen LogP contribution in [0, 0.1) is 5.92 Å². The maximum Gasteiger partial charge on any atom is 0.162 e. The molecule has 0 radical (unpaired) electrons. The highest BCUT2D eigenvalue weighted by molar-refractivity contribution is 6.31. The van der Waals surface area contributed by atoms with Crippen molar-refractivity contribution in [3.05, 3.63) is 22.7 Å². The average molecular weight is 257 g/mol. The highest BCUT2D eigenvalue weighted by Crippen LogP contribution is 2.37. The molecule has 0 spiro atoms.